The maximum atomic E-state index is 11.8. The number of hydrogen-bond donors (Lipinski definition) is 1. The van der Waals surface area contributed by atoms with Crippen molar-refractivity contribution in [2.45, 2.75) is 6.92 Å². The van der Waals surface area contributed by atoms with E-state index in [2.05, 4.69) is 23.5 Å². The van der Waals surface area contributed by atoms with Crippen molar-refractivity contribution in [2.24, 2.45) is 0 Å². The van der Waals surface area contributed by atoms with Crippen LogP contribution >= 0.6 is 0 Å². The second kappa shape index (κ2) is 5.66. The summed E-state index contributed by atoms with van der Waals surface area (Å²) in [4.78, 5) is 15.7. The van der Waals surface area contributed by atoms with Gasteiger partial charge in [0.15, 0.2) is 0 Å². The summed E-state index contributed by atoms with van der Waals surface area (Å²) in [6.45, 7) is 9.04. The molecule has 0 spiro atoms. The van der Waals surface area contributed by atoms with Crippen molar-refractivity contribution in [2.75, 3.05) is 0 Å². The van der Waals surface area contributed by atoms with E-state index < -0.39 is 0 Å². The number of carbonyl (C=O) groups excluding carboxylic acids is 1. The van der Waals surface area contributed by atoms with Gasteiger partial charge in [0, 0.05) is 18.1 Å². The number of rotatable bonds is 4. The Morgan fingerprint density at radius 1 is 1.44 bits per heavy atom. The minimum atomic E-state index is -0.204. The predicted octanol–water partition coefficient (Wildman–Crippen LogP) is 2.38. The minimum Gasteiger partial charge on any atom is -0.322 e. The maximum absolute atomic E-state index is 11.8. The summed E-state index contributed by atoms with van der Waals surface area (Å²) < 4.78 is 0. The highest BCUT2D eigenvalue weighted by Crippen LogP contribution is 2.02. The summed E-state index contributed by atoms with van der Waals surface area (Å²) in [5, 5.41) is 2.70. The molecular weight excluding hydrogens is 200 g/mol. The van der Waals surface area contributed by atoms with E-state index in [-0.39, 0.29) is 5.91 Å². The molecule has 0 fully saturated rings. The Kier molecular flexibility index (Phi) is 4.21. The van der Waals surface area contributed by atoms with Crippen molar-refractivity contribution >= 4 is 5.91 Å². The lowest BCUT2D eigenvalue weighted by Gasteiger charge is -2.05. The molecule has 1 heterocycles. The standard InChI is InChI=1S/C13H14N2O/c1-4-6-12(5-2)15-13(16)11-7-10(3)8-14-9-11/h4-9H,1-2H2,3H3,(H,15,16)/b12-6+. The van der Waals surface area contributed by atoms with Gasteiger partial charge in [-0.1, -0.05) is 19.2 Å². The van der Waals surface area contributed by atoms with Crippen molar-refractivity contribution in [1.29, 1.82) is 0 Å². The van der Waals surface area contributed by atoms with Crippen molar-refractivity contribution in [3.63, 3.8) is 0 Å². The minimum absolute atomic E-state index is 0.204. The first-order valence-electron chi connectivity index (χ1n) is 4.85. The molecule has 1 aromatic heterocycles. The second-order valence-electron chi connectivity index (χ2n) is 3.27. The highest BCUT2D eigenvalue weighted by Gasteiger charge is 2.06. The smallest absolute Gasteiger partial charge is 0.257 e. The topological polar surface area (TPSA) is 42.0 Å². The fraction of sp³-hybridized carbons (Fsp3) is 0.0769. The number of pyridine rings is 1. The number of aromatic nitrogens is 1. The van der Waals surface area contributed by atoms with Gasteiger partial charge in [0.2, 0.25) is 0 Å². The van der Waals surface area contributed by atoms with E-state index in [1.165, 1.54) is 6.20 Å². The quantitative estimate of drug-likeness (QED) is 0.782. The average Bonchev–Trinajstić information content (AvgIpc) is 2.28. The lowest BCUT2D eigenvalue weighted by atomic mass is 10.2. The molecule has 0 saturated heterocycles. The van der Waals surface area contributed by atoms with Crippen molar-refractivity contribution in [3.05, 3.63) is 66.7 Å². The Balaban J connectivity index is 2.83. The van der Waals surface area contributed by atoms with Gasteiger partial charge in [0.25, 0.3) is 5.91 Å². The lowest BCUT2D eigenvalue weighted by Crippen LogP contribution is -2.21. The molecule has 0 bridgehead atoms. The number of amides is 1. The van der Waals surface area contributed by atoms with Gasteiger partial charge in [-0.2, -0.15) is 0 Å². The molecule has 16 heavy (non-hydrogen) atoms. The van der Waals surface area contributed by atoms with Crippen LogP contribution in [0.15, 0.2) is 55.5 Å². The first-order valence-corrected chi connectivity index (χ1v) is 4.85. The predicted molar refractivity (Wildman–Crippen MR) is 64.9 cm³/mol. The molecule has 0 aliphatic rings. The van der Waals surface area contributed by atoms with Gasteiger partial charge in [0.1, 0.15) is 0 Å². The van der Waals surface area contributed by atoms with Gasteiger partial charge in [-0.05, 0) is 30.7 Å². The van der Waals surface area contributed by atoms with E-state index in [1.54, 1.807) is 30.5 Å². The molecule has 1 rings (SSSR count). The highest BCUT2D eigenvalue weighted by atomic mass is 16.1. The SMILES string of the molecule is C=C/C=C(\C=C)NC(=O)c1cncc(C)c1. The molecule has 0 aromatic carbocycles. The molecule has 1 amide bonds. The van der Waals surface area contributed by atoms with Gasteiger partial charge in [-0.25, -0.2) is 0 Å². The first kappa shape index (κ1) is 11.9. The summed E-state index contributed by atoms with van der Waals surface area (Å²) in [7, 11) is 0. The number of nitrogens with one attached hydrogen (secondary N) is 1. The molecular formula is C13H14N2O. The van der Waals surface area contributed by atoms with Crippen LogP contribution in [-0.2, 0) is 0 Å². The number of nitrogens with zero attached hydrogens (tertiary/aromatic N) is 1. The normalized spacial score (nSPS) is 10.7. The van der Waals surface area contributed by atoms with Gasteiger partial charge < -0.3 is 5.32 Å². The van der Waals surface area contributed by atoms with Gasteiger partial charge in [-0.3, -0.25) is 9.78 Å². The van der Waals surface area contributed by atoms with Crippen LogP contribution in [-0.4, -0.2) is 10.9 Å². The zero-order valence-electron chi connectivity index (χ0n) is 9.23. The fourth-order valence-corrected chi connectivity index (χ4v) is 1.17. The summed E-state index contributed by atoms with van der Waals surface area (Å²) >= 11 is 0. The Hall–Kier alpha value is -2.16. The second-order valence-corrected chi connectivity index (χ2v) is 3.27. The summed E-state index contributed by atoms with van der Waals surface area (Å²) in [6, 6.07) is 1.77. The zero-order chi connectivity index (χ0) is 12.0. The lowest BCUT2D eigenvalue weighted by molar-refractivity contribution is 0.0966. The van der Waals surface area contributed by atoms with E-state index in [0.717, 1.165) is 5.56 Å². The largest absolute Gasteiger partial charge is 0.322 e. The van der Waals surface area contributed by atoms with Crippen LogP contribution in [0.25, 0.3) is 0 Å². The van der Waals surface area contributed by atoms with Crippen LogP contribution in [0.2, 0.25) is 0 Å². The van der Waals surface area contributed by atoms with E-state index >= 15 is 0 Å². The molecule has 1 aromatic rings. The molecule has 0 aliphatic carbocycles. The van der Waals surface area contributed by atoms with Crippen molar-refractivity contribution < 1.29 is 4.79 Å². The number of hydrogen-bond acceptors (Lipinski definition) is 2. The van der Waals surface area contributed by atoms with E-state index in [9.17, 15) is 4.79 Å². The molecule has 0 radical (unpaired) electrons. The molecule has 1 N–H and O–H groups in total. The van der Waals surface area contributed by atoms with E-state index in [0.29, 0.717) is 11.3 Å². The zero-order valence-corrected chi connectivity index (χ0v) is 9.23. The van der Waals surface area contributed by atoms with Crippen LogP contribution in [0.3, 0.4) is 0 Å². The summed E-state index contributed by atoms with van der Waals surface area (Å²) in [5.41, 5.74) is 2.08. The molecule has 82 valence electrons. The van der Waals surface area contributed by atoms with Crippen LogP contribution in [0.1, 0.15) is 15.9 Å². The van der Waals surface area contributed by atoms with E-state index in [1.807, 2.05) is 6.92 Å². The molecule has 0 saturated carbocycles. The molecule has 3 nitrogen and oxygen atoms in total. The maximum Gasteiger partial charge on any atom is 0.257 e. The molecule has 0 unspecified atom stereocenters. The summed E-state index contributed by atoms with van der Waals surface area (Å²) in [5.74, 6) is -0.204. The van der Waals surface area contributed by atoms with Crippen LogP contribution in [0, 0.1) is 6.92 Å². The van der Waals surface area contributed by atoms with Crippen LogP contribution in [0.5, 0.6) is 0 Å². The van der Waals surface area contributed by atoms with Gasteiger partial charge >= 0.3 is 0 Å². The van der Waals surface area contributed by atoms with Crippen LogP contribution < -0.4 is 5.32 Å². The van der Waals surface area contributed by atoms with Crippen molar-refractivity contribution in [3.8, 4) is 0 Å². The summed E-state index contributed by atoms with van der Waals surface area (Å²) in [6.07, 6.45) is 8.05. The number of aryl methyl sites for hydroxylation is 1. The first-order chi connectivity index (χ1) is 7.67. The Morgan fingerprint density at radius 3 is 2.75 bits per heavy atom. The Morgan fingerprint density at radius 2 is 2.19 bits per heavy atom. The molecule has 3 heteroatoms. The third-order valence-corrected chi connectivity index (χ3v) is 1.91. The molecule has 0 atom stereocenters. The Labute approximate surface area is 95.2 Å². The third-order valence-electron chi connectivity index (χ3n) is 1.91. The van der Waals surface area contributed by atoms with Crippen molar-refractivity contribution in [1.82, 2.24) is 10.3 Å². The number of carbonyl (C=O) groups is 1. The van der Waals surface area contributed by atoms with Gasteiger partial charge in [-0.15, -0.1) is 0 Å². The average molecular weight is 214 g/mol. The van der Waals surface area contributed by atoms with E-state index in [4.69, 9.17) is 0 Å². The third kappa shape index (κ3) is 3.20. The van der Waals surface area contributed by atoms with Crippen LogP contribution in [0.4, 0.5) is 0 Å². The number of allylic oxidation sites excluding steroid dienone is 3. The monoisotopic (exact) mass is 214 g/mol. The Bertz CT molecular complexity index is 447. The highest BCUT2D eigenvalue weighted by molar-refractivity contribution is 5.95. The molecule has 0 aliphatic heterocycles. The fourth-order valence-electron chi connectivity index (χ4n) is 1.17. The van der Waals surface area contributed by atoms with Gasteiger partial charge in [0.05, 0.1) is 5.56 Å².